The molecule has 1 aliphatic carbocycles. The Bertz CT molecular complexity index is 1190. The molecule has 6 nitrogen and oxygen atoms in total. The minimum absolute atomic E-state index is 0.135. The molecule has 1 saturated carbocycles. The number of nitrogens with one attached hydrogen (secondary N) is 1. The SMILES string of the molecule is Cc1csc(COc2ccn(-c3ccc4nc(C5CC5)[nH]c4c3)c(=O)c2)n1. The minimum Gasteiger partial charge on any atom is -0.486 e. The quantitative estimate of drug-likeness (QED) is 0.571. The van der Waals surface area contributed by atoms with Crippen LogP contribution in [0, 0.1) is 6.92 Å². The summed E-state index contributed by atoms with van der Waals surface area (Å²) in [6.45, 7) is 2.32. The van der Waals surface area contributed by atoms with Gasteiger partial charge in [0.15, 0.2) is 0 Å². The van der Waals surface area contributed by atoms with Crippen molar-refractivity contribution in [1.29, 1.82) is 0 Å². The first-order chi connectivity index (χ1) is 13.2. The van der Waals surface area contributed by atoms with Crippen LogP contribution in [0.15, 0.2) is 46.7 Å². The first kappa shape index (κ1) is 16.3. The van der Waals surface area contributed by atoms with E-state index in [2.05, 4.69) is 15.0 Å². The van der Waals surface area contributed by atoms with Gasteiger partial charge in [0.25, 0.3) is 5.56 Å². The van der Waals surface area contributed by atoms with Crippen molar-refractivity contribution in [3.8, 4) is 11.4 Å². The summed E-state index contributed by atoms with van der Waals surface area (Å²) in [7, 11) is 0. The lowest BCUT2D eigenvalue weighted by molar-refractivity contribution is 0.304. The second kappa shape index (κ2) is 6.35. The van der Waals surface area contributed by atoms with Gasteiger partial charge in [-0.05, 0) is 44.0 Å². The fraction of sp³-hybridized carbons (Fsp3) is 0.250. The van der Waals surface area contributed by atoms with Gasteiger partial charge in [-0.2, -0.15) is 0 Å². The van der Waals surface area contributed by atoms with Gasteiger partial charge in [0.1, 0.15) is 23.2 Å². The lowest BCUT2D eigenvalue weighted by atomic mass is 10.2. The molecule has 0 unspecified atom stereocenters. The molecule has 1 N–H and O–H groups in total. The molecule has 5 rings (SSSR count). The second-order valence-corrected chi connectivity index (χ2v) is 7.78. The summed E-state index contributed by atoms with van der Waals surface area (Å²) in [4.78, 5) is 24.9. The molecule has 1 aromatic carbocycles. The molecular weight excluding hydrogens is 360 g/mol. The third-order valence-corrected chi connectivity index (χ3v) is 5.59. The van der Waals surface area contributed by atoms with Gasteiger partial charge in [-0.15, -0.1) is 11.3 Å². The van der Waals surface area contributed by atoms with Gasteiger partial charge in [0.05, 0.1) is 16.7 Å². The van der Waals surface area contributed by atoms with Gasteiger partial charge in [0.2, 0.25) is 0 Å². The summed E-state index contributed by atoms with van der Waals surface area (Å²) < 4.78 is 7.31. The standard InChI is InChI=1S/C20H18N4O2S/c1-12-11-27-18(21-12)10-26-15-6-7-24(19(25)9-15)14-4-5-16-17(8-14)23-20(22-16)13-2-3-13/h4-9,11,13H,2-3,10H2,1H3,(H,22,23). The Morgan fingerprint density at radius 3 is 2.89 bits per heavy atom. The van der Waals surface area contributed by atoms with Crippen LogP contribution in [0.3, 0.4) is 0 Å². The normalized spacial score (nSPS) is 14.0. The molecule has 136 valence electrons. The lowest BCUT2D eigenvalue weighted by Crippen LogP contribution is -2.16. The number of aromatic nitrogens is 4. The van der Waals surface area contributed by atoms with E-state index < -0.39 is 0 Å². The van der Waals surface area contributed by atoms with E-state index in [1.54, 1.807) is 28.2 Å². The molecule has 1 fully saturated rings. The van der Waals surface area contributed by atoms with Crippen LogP contribution in [0.1, 0.15) is 35.3 Å². The van der Waals surface area contributed by atoms with E-state index in [9.17, 15) is 4.79 Å². The van der Waals surface area contributed by atoms with Crippen LogP contribution >= 0.6 is 11.3 Å². The number of hydrogen-bond acceptors (Lipinski definition) is 5. The van der Waals surface area contributed by atoms with Crippen molar-refractivity contribution >= 4 is 22.4 Å². The highest BCUT2D eigenvalue weighted by atomic mass is 32.1. The van der Waals surface area contributed by atoms with Gasteiger partial charge < -0.3 is 9.72 Å². The molecule has 3 heterocycles. The second-order valence-electron chi connectivity index (χ2n) is 6.84. The molecule has 0 aliphatic heterocycles. The van der Waals surface area contributed by atoms with Crippen molar-refractivity contribution in [2.24, 2.45) is 0 Å². The smallest absolute Gasteiger partial charge is 0.258 e. The van der Waals surface area contributed by atoms with Gasteiger partial charge in [-0.3, -0.25) is 9.36 Å². The van der Waals surface area contributed by atoms with E-state index in [1.807, 2.05) is 30.5 Å². The molecule has 27 heavy (non-hydrogen) atoms. The first-order valence-electron chi connectivity index (χ1n) is 8.92. The predicted octanol–water partition coefficient (Wildman–Crippen LogP) is 3.94. The number of nitrogens with zero attached hydrogens (tertiary/aromatic N) is 3. The highest BCUT2D eigenvalue weighted by molar-refractivity contribution is 7.09. The van der Waals surface area contributed by atoms with Crippen LogP contribution < -0.4 is 10.3 Å². The Morgan fingerprint density at radius 2 is 2.15 bits per heavy atom. The van der Waals surface area contributed by atoms with Crippen LogP contribution in [0.25, 0.3) is 16.7 Å². The Labute approximate surface area is 159 Å². The summed E-state index contributed by atoms with van der Waals surface area (Å²) >= 11 is 1.55. The van der Waals surface area contributed by atoms with E-state index >= 15 is 0 Å². The molecule has 0 saturated heterocycles. The van der Waals surface area contributed by atoms with Crippen LogP contribution in [-0.4, -0.2) is 19.5 Å². The van der Waals surface area contributed by atoms with Crippen LogP contribution in [0.2, 0.25) is 0 Å². The first-order valence-corrected chi connectivity index (χ1v) is 9.80. The van der Waals surface area contributed by atoms with Crippen LogP contribution in [-0.2, 0) is 6.61 Å². The number of rotatable bonds is 5. The van der Waals surface area contributed by atoms with Gasteiger partial charge in [-0.25, -0.2) is 9.97 Å². The van der Waals surface area contributed by atoms with E-state index in [0.29, 0.717) is 18.3 Å². The molecule has 0 atom stereocenters. The summed E-state index contributed by atoms with van der Waals surface area (Å²) in [5.74, 6) is 2.17. The fourth-order valence-electron chi connectivity index (χ4n) is 3.10. The van der Waals surface area contributed by atoms with Crippen molar-refractivity contribution in [3.63, 3.8) is 0 Å². The minimum atomic E-state index is -0.135. The lowest BCUT2D eigenvalue weighted by Gasteiger charge is -2.08. The molecule has 0 amide bonds. The average molecular weight is 378 g/mol. The maximum Gasteiger partial charge on any atom is 0.258 e. The maximum absolute atomic E-state index is 12.6. The molecular formula is C20H18N4O2S. The Hall–Kier alpha value is -2.93. The fourth-order valence-corrected chi connectivity index (χ4v) is 3.78. The zero-order chi connectivity index (χ0) is 18.4. The van der Waals surface area contributed by atoms with Crippen molar-refractivity contribution in [2.75, 3.05) is 0 Å². The van der Waals surface area contributed by atoms with E-state index in [-0.39, 0.29) is 5.56 Å². The Morgan fingerprint density at radius 1 is 1.26 bits per heavy atom. The van der Waals surface area contributed by atoms with Gasteiger partial charge in [-0.1, -0.05) is 0 Å². The van der Waals surface area contributed by atoms with Crippen molar-refractivity contribution in [1.82, 2.24) is 19.5 Å². The van der Waals surface area contributed by atoms with Crippen molar-refractivity contribution < 1.29 is 4.74 Å². The summed E-state index contributed by atoms with van der Waals surface area (Å²) in [6.07, 6.45) is 4.15. The molecule has 3 aromatic heterocycles. The molecule has 1 aliphatic rings. The molecule has 0 spiro atoms. The number of ether oxygens (including phenoxy) is 1. The zero-order valence-electron chi connectivity index (χ0n) is 14.8. The third-order valence-electron chi connectivity index (χ3n) is 4.65. The van der Waals surface area contributed by atoms with E-state index in [0.717, 1.165) is 33.2 Å². The maximum atomic E-state index is 12.6. The molecule has 4 aromatic rings. The summed E-state index contributed by atoms with van der Waals surface area (Å²) in [6, 6.07) is 9.14. The van der Waals surface area contributed by atoms with Crippen molar-refractivity contribution in [3.05, 3.63) is 68.8 Å². The summed E-state index contributed by atoms with van der Waals surface area (Å²) in [5, 5.41) is 2.88. The predicted molar refractivity (Wildman–Crippen MR) is 105 cm³/mol. The van der Waals surface area contributed by atoms with E-state index in [1.165, 1.54) is 18.9 Å². The monoisotopic (exact) mass is 378 g/mol. The van der Waals surface area contributed by atoms with Gasteiger partial charge in [0, 0.05) is 29.3 Å². The average Bonchev–Trinajstić information content (AvgIpc) is 3.29. The van der Waals surface area contributed by atoms with Crippen molar-refractivity contribution in [2.45, 2.75) is 32.3 Å². The van der Waals surface area contributed by atoms with Crippen LogP contribution in [0.4, 0.5) is 0 Å². The highest BCUT2D eigenvalue weighted by Gasteiger charge is 2.26. The molecule has 0 radical (unpaired) electrons. The number of aromatic amines is 1. The summed E-state index contributed by atoms with van der Waals surface area (Å²) in [5.41, 5.74) is 3.55. The number of imidazole rings is 1. The number of fused-ring (bicyclic) bond motifs is 1. The molecule has 7 heteroatoms. The zero-order valence-corrected chi connectivity index (χ0v) is 15.6. The van der Waals surface area contributed by atoms with Gasteiger partial charge >= 0.3 is 0 Å². The number of pyridine rings is 1. The number of H-pyrrole nitrogens is 1. The Balaban J connectivity index is 1.39. The number of aryl methyl sites for hydroxylation is 1. The van der Waals surface area contributed by atoms with E-state index in [4.69, 9.17) is 4.74 Å². The Kier molecular flexibility index (Phi) is 3.82. The van der Waals surface area contributed by atoms with Crippen LogP contribution in [0.5, 0.6) is 5.75 Å². The highest BCUT2D eigenvalue weighted by Crippen LogP contribution is 2.39. The number of thiazole rings is 1. The largest absolute Gasteiger partial charge is 0.486 e. The topological polar surface area (TPSA) is 72.8 Å². The number of benzene rings is 1. The number of hydrogen-bond donors (Lipinski definition) is 1. The molecule has 0 bridgehead atoms. The third kappa shape index (κ3) is 3.26.